The molecule has 2 heterocycles. The summed E-state index contributed by atoms with van der Waals surface area (Å²) >= 11 is 0. The van der Waals surface area contributed by atoms with Crippen molar-refractivity contribution in [1.82, 2.24) is 20.0 Å². The number of piperazine rings is 1. The molecule has 0 amide bonds. The fourth-order valence-electron chi connectivity index (χ4n) is 3.74. The minimum Gasteiger partial charge on any atom is -0.355 e. The van der Waals surface area contributed by atoms with Crippen molar-refractivity contribution in [3.05, 3.63) is 42.0 Å². The van der Waals surface area contributed by atoms with E-state index in [9.17, 15) is 0 Å². The van der Waals surface area contributed by atoms with Gasteiger partial charge in [-0.2, -0.15) is 0 Å². The first-order valence-electron chi connectivity index (χ1n) is 9.80. The maximum atomic E-state index is 4.51. The average molecular weight is 356 g/mol. The molecule has 0 radical (unpaired) electrons. The smallest absolute Gasteiger partial charge is 0.193 e. The van der Waals surface area contributed by atoms with Crippen molar-refractivity contribution in [3.63, 3.8) is 0 Å². The standard InChI is InChI=1S/C21H33N5/c1-18(25-15-13-24(3)14-16-25)17-23-21(22-2)26-11-9-20(10-12-26)19-7-5-4-6-8-19/h4-9,18H,10-17H2,1-3H3,(H,22,23). The molecule has 26 heavy (non-hydrogen) atoms. The van der Waals surface area contributed by atoms with Gasteiger partial charge in [-0.15, -0.1) is 0 Å². The Morgan fingerprint density at radius 2 is 1.85 bits per heavy atom. The molecule has 0 aromatic heterocycles. The topological polar surface area (TPSA) is 34.1 Å². The van der Waals surface area contributed by atoms with E-state index in [1.54, 1.807) is 0 Å². The van der Waals surface area contributed by atoms with E-state index in [1.165, 1.54) is 11.1 Å². The third-order valence-electron chi connectivity index (χ3n) is 5.58. The molecule has 1 fully saturated rings. The highest BCUT2D eigenvalue weighted by Crippen LogP contribution is 2.21. The highest BCUT2D eigenvalue weighted by molar-refractivity contribution is 5.81. The number of guanidine groups is 1. The van der Waals surface area contributed by atoms with Crippen molar-refractivity contribution in [1.29, 1.82) is 0 Å². The number of rotatable bonds is 4. The van der Waals surface area contributed by atoms with Crippen LogP contribution in [0.2, 0.25) is 0 Å². The van der Waals surface area contributed by atoms with Crippen molar-refractivity contribution in [2.45, 2.75) is 19.4 Å². The summed E-state index contributed by atoms with van der Waals surface area (Å²) in [4.78, 5) is 11.8. The minimum absolute atomic E-state index is 0.528. The van der Waals surface area contributed by atoms with Crippen LogP contribution in [0.25, 0.3) is 5.57 Å². The van der Waals surface area contributed by atoms with Crippen LogP contribution in [-0.2, 0) is 0 Å². The van der Waals surface area contributed by atoms with Crippen LogP contribution in [0.15, 0.2) is 41.4 Å². The summed E-state index contributed by atoms with van der Waals surface area (Å²) in [7, 11) is 4.09. The first-order chi connectivity index (χ1) is 12.7. The van der Waals surface area contributed by atoms with Crippen molar-refractivity contribution in [2.75, 3.05) is 59.9 Å². The minimum atomic E-state index is 0.528. The fourth-order valence-corrected chi connectivity index (χ4v) is 3.74. The van der Waals surface area contributed by atoms with Crippen molar-refractivity contribution in [2.24, 2.45) is 4.99 Å². The van der Waals surface area contributed by atoms with Crippen LogP contribution in [0.1, 0.15) is 18.9 Å². The largest absolute Gasteiger partial charge is 0.355 e. The Morgan fingerprint density at radius 1 is 1.12 bits per heavy atom. The van der Waals surface area contributed by atoms with Gasteiger partial charge in [-0.1, -0.05) is 36.4 Å². The molecular formula is C21H33N5. The Hall–Kier alpha value is -1.85. The molecule has 1 aromatic rings. The number of hydrogen-bond donors (Lipinski definition) is 1. The predicted molar refractivity (Wildman–Crippen MR) is 111 cm³/mol. The summed E-state index contributed by atoms with van der Waals surface area (Å²) < 4.78 is 0. The van der Waals surface area contributed by atoms with E-state index in [4.69, 9.17) is 0 Å². The van der Waals surface area contributed by atoms with Crippen LogP contribution in [0.3, 0.4) is 0 Å². The van der Waals surface area contributed by atoms with Gasteiger partial charge < -0.3 is 15.1 Å². The molecule has 0 aliphatic carbocycles. The van der Waals surface area contributed by atoms with Crippen molar-refractivity contribution in [3.8, 4) is 0 Å². The van der Waals surface area contributed by atoms with Crippen molar-refractivity contribution >= 4 is 11.5 Å². The lowest BCUT2D eigenvalue weighted by molar-refractivity contribution is 0.119. The lowest BCUT2D eigenvalue weighted by Gasteiger charge is -2.37. The molecule has 2 aliphatic heterocycles. The summed E-state index contributed by atoms with van der Waals surface area (Å²) in [5.74, 6) is 1.02. The van der Waals surface area contributed by atoms with Gasteiger partial charge >= 0.3 is 0 Å². The Kier molecular flexibility index (Phi) is 6.69. The SMILES string of the molecule is CN=C(NCC(C)N1CCN(C)CC1)N1CC=C(c2ccccc2)CC1. The first kappa shape index (κ1) is 18.9. The Labute approximate surface area is 158 Å². The number of benzene rings is 1. The molecule has 3 rings (SSSR count). The summed E-state index contributed by atoms with van der Waals surface area (Å²) in [5.41, 5.74) is 2.79. The van der Waals surface area contributed by atoms with Gasteiger partial charge in [0.1, 0.15) is 0 Å². The number of nitrogens with zero attached hydrogens (tertiary/aromatic N) is 4. The molecule has 5 heteroatoms. The molecule has 1 unspecified atom stereocenters. The van der Waals surface area contributed by atoms with Gasteiger partial charge in [0, 0.05) is 58.9 Å². The monoisotopic (exact) mass is 355 g/mol. The van der Waals surface area contributed by atoms with Crippen LogP contribution in [0, 0.1) is 0 Å². The van der Waals surface area contributed by atoms with E-state index in [2.05, 4.69) is 75.4 Å². The van der Waals surface area contributed by atoms with E-state index in [0.29, 0.717) is 6.04 Å². The zero-order valence-electron chi connectivity index (χ0n) is 16.5. The van der Waals surface area contributed by atoms with Crippen LogP contribution in [0.5, 0.6) is 0 Å². The molecule has 5 nitrogen and oxygen atoms in total. The van der Waals surface area contributed by atoms with E-state index in [0.717, 1.165) is 58.2 Å². The summed E-state index contributed by atoms with van der Waals surface area (Å²) in [6.45, 7) is 9.85. The molecule has 0 bridgehead atoms. The molecular weight excluding hydrogens is 322 g/mol. The molecule has 1 N–H and O–H groups in total. The molecule has 1 aromatic carbocycles. The maximum absolute atomic E-state index is 4.51. The second-order valence-corrected chi connectivity index (χ2v) is 7.41. The van der Waals surface area contributed by atoms with E-state index < -0.39 is 0 Å². The third-order valence-corrected chi connectivity index (χ3v) is 5.58. The Bertz CT molecular complexity index is 617. The quantitative estimate of drug-likeness (QED) is 0.662. The number of hydrogen-bond acceptors (Lipinski definition) is 3. The maximum Gasteiger partial charge on any atom is 0.193 e. The highest BCUT2D eigenvalue weighted by atomic mass is 15.3. The molecule has 1 atom stereocenters. The number of likely N-dealkylation sites (N-methyl/N-ethyl adjacent to an activating group) is 1. The third kappa shape index (κ3) is 4.86. The van der Waals surface area contributed by atoms with E-state index in [-0.39, 0.29) is 0 Å². The summed E-state index contributed by atoms with van der Waals surface area (Å²) in [6.07, 6.45) is 3.41. The van der Waals surface area contributed by atoms with E-state index >= 15 is 0 Å². The summed E-state index contributed by atoms with van der Waals surface area (Å²) in [6, 6.07) is 11.2. The predicted octanol–water partition coefficient (Wildman–Crippen LogP) is 1.99. The molecule has 142 valence electrons. The highest BCUT2D eigenvalue weighted by Gasteiger charge is 2.21. The average Bonchev–Trinajstić information content (AvgIpc) is 2.70. The van der Waals surface area contributed by atoms with Crippen LogP contribution in [0.4, 0.5) is 0 Å². The van der Waals surface area contributed by atoms with Gasteiger partial charge in [-0.25, -0.2) is 0 Å². The van der Waals surface area contributed by atoms with Crippen molar-refractivity contribution < 1.29 is 0 Å². The Morgan fingerprint density at radius 3 is 2.46 bits per heavy atom. The lowest BCUT2D eigenvalue weighted by atomic mass is 10.00. The fraction of sp³-hybridized carbons (Fsp3) is 0.571. The molecule has 2 aliphatic rings. The second-order valence-electron chi connectivity index (χ2n) is 7.41. The van der Waals surface area contributed by atoms with Gasteiger partial charge in [0.05, 0.1) is 0 Å². The van der Waals surface area contributed by atoms with Gasteiger partial charge in [0.25, 0.3) is 0 Å². The van der Waals surface area contributed by atoms with E-state index in [1.807, 2.05) is 7.05 Å². The van der Waals surface area contributed by atoms with Gasteiger partial charge in [0.2, 0.25) is 0 Å². The molecule has 1 saturated heterocycles. The zero-order valence-corrected chi connectivity index (χ0v) is 16.5. The van der Waals surface area contributed by atoms with Gasteiger partial charge in [-0.05, 0) is 31.5 Å². The first-order valence-corrected chi connectivity index (χ1v) is 9.80. The molecule has 0 spiro atoms. The Balaban J connectivity index is 1.50. The number of nitrogens with one attached hydrogen (secondary N) is 1. The van der Waals surface area contributed by atoms with Gasteiger partial charge in [0.15, 0.2) is 5.96 Å². The number of aliphatic imine (C=N–C) groups is 1. The van der Waals surface area contributed by atoms with Crippen LogP contribution >= 0.6 is 0 Å². The normalized spacial score (nSPS) is 21.4. The lowest BCUT2D eigenvalue weighted by Crippen LogP contribution is -2.53. The van der Waals surface area contributed by atoms with Gasteiger partial charge in [-0.3, -0.25) is 9.89 Å². The summed E-state index contributed by atoms with van der Waals surface area (Å²) in [5, 5.41) is 3.59. The second kappa shape index (κ2) is 9.19. The van der Waals surface area contributed by atoms with Crippen LogP contribution < -0.4 is 5.32 Å². The molecule has 0 saturated carbocycles. The zero-order chi connectivity index (χ0) is 18.4. The van der Waals surface area contributed by atoms with Crippen LogP contribution in [-0.4, -0.2) is 86.6 Å².